The van der Waals surface area contributed by atoms with Crippen molar-refractivity contribution in [2.24, 2.45) is 0 Å². The Kier molecular flexibility index (Phi) is 7.33. The molecule has 1 aliphatic carbocycles. The fourth-order valence-electron chi connectivity index (χ4n) is 4.55. The highest BCUT2D eigenvalue weighted by molar-refractivity contribution is 7.89. The number of nitrogens with zero attached hydrogens (tertiary/aromatic N) is 2. The molecule has 7 nitrogen and oxygen atoms in total. The zero-order chi connectivity index (χ0) is 22.8. The predicted octanol–water partition coefficient (Wildman–Crippen LogP) is 3.24. The van der Waals surface area contributed by atoms with Gasteiger partial charge in [0.1, 0.15) is 5.54 Å². The molecule has 1 aliphatic heterocycles. The number of carbonyl (C=O) groups is 2. The minimum absolute atomic E-state index is 0.0399. The topological polar surface area (TPSA) is 86.8 Å². The Labute approximate surface area is 190 Å². The summed E-state index contributed by atoms with van der Waals surface area (Å²) in [7, 11) is -3.65. The van der Waals surface area contributed by atoms with Crippen LogP contribution < -0.4 is 10.2 Å². The minimum atomic E-state index is -3.65. The first-order valence-corrected chi connectivity index (χ1v) is 13.0. The minimum Gasteiger partial charge on any atom is -0.351 e. The number of benzene rings is 1. The van der Waals surface area contributed by atoms with Crippen molar-refractivity contribution in [3.63, 3.8) is 0 Å². The van der Waals surface area contributed by atoms with E-state index in [0.29, 0.717) is 22.7 Å². The lowest BCUT2D eigenvalue weighted by Crippen LogP contribution is -2.71. The molecule has 31 heavy (non-hydrogen) atoms. The molecule has 1 atom stereocenters. The monoisotopic (exact) mass is 469 g/mol. The first-order chi connectivity index (χ1) is 14.6. The van der Waals surface area contributed by atoms with Gasteiger partial charge >= 0.3 is 0 Å². The Morgan fingerprint density at radius 1 is 1.26 bits per heavy atom. The van der Waals surface area contributed by atoms with Crippen LogP contribution in [0.15, 0.2) is 18.2 Å². The van der Waals surface area contributed by atoms with Gasteiger partial charge < -0.3 is 5.32 Å². The number of halogens is 1. The molecular formula is C22H32ClN3O4S. The van der Waals surface area contributed by atoms with E-state index < -0.39 is 21.5 Å². The summed E-state index contributed by atoms with van der Waals surface area (Å²) >= 11 is 6.31. The van der Waals surface area contributed by atoms with Gasteiger partial charge in [-0.2, -0.15) is 4.31 Å². The van der Waals surface area contributed by atoms with Gasteiger partial charge in [-0.15, -0.1) is 0 Å². The van der Waals surface area contributed by atoms with E-state index >= 15 is 0 Å². The maximum atomic E-state index is 13.6. The van der Waals surface area contributed by atoms with E-state index in [1.165, 1.54) is 4.90 Å². The van der Waals surface area contributed by atoms with Crippen molar-refractivity contribution in [2.45, 2.75) is 70.9 Å². The van der Waals surface area contributed by atoms with E-state index in [9.17, 15) is 18.0 Å². The lowest BCUT2D eigenvalue weighted by molar-refractivity contribution is -0.133. The highest BCUT2D eigenvalue weighted by Gasteiger charge is 2.51. The molecular weight excluding hydrogens is 438 g/mol. The third-order valence-corrected chi connectivity index (χ3v) is 8.68. The van der Waals surface area contributed by atoms with Gasteiger partial charge in [-0.1, -0.05) is 43.9 Å². The van der Waals surface area contributed by atoms with Crippen LogP contribution in [0.5, 0.6) is 0 Å². The summed E-state index contributed by atoms with van der Waals surface area (Å²) < 4.78 is 26.8. The molecule has 0 aromatic heterocycles. The number of carbonyl (C=O) groups excluding carboxylic acids is 2. The number of amides is 2. The van der Waals surface area contributed by atoms with Crippen LogP contribution in [0.1, 0.15) is 57.9 Å². The molecule has 0 spiro atoms. The normalized spacial score (nSPS) is 23.7. The van der Waals surface area contributed by atoms with Gasteiger partial charge in [-0.3, -0.25) is 14.5 Å². The van der Waals surface area contributed by atoms with Crippen molar-refractivity contribution in [1.29, 1.82) is 0 Å². The highest BCUT2D eigenvalue weighted by Crippen LogP contribution is 2.35. The summed E-state index contributed by atoms with van der Waals surface area (Å²) in [5.74, 6) is -0.822. The molecule has 1 aromatic carbocycles. The number of rotatable bonds is 6. The smallest absolute Gasteiger partial charge is 0.247 e. The molecule has 1 aromatic rings. The Morgan fingerprint density at radius 2 is 1.94 bits per heavy atom. The van der Waals surface area contributed by atoms with Crippen LogP contribution in [0.25, 0.3) is 0 Å². The average Bonchev–Trinajstić information content (AvgIpc) is 2.71. The van der Waals surface area contributed by atoms with Crippen LogP contribution in [-0.2, 0) is 19.6 Å². The highest BCUT2D eigenvalue weighted by atomic mass is 35.5. The molecule has 0 bridgehead atoms. The molecule has 1 heterocycles. The Bertz CT molecular complexity index is 946. The lowest BCUT2D eigenvalue weighted by atomic mass is 9.91. The van der Waals surface area contributed by atoms with Crippen LogP contribution in [0, 0.1) is 6.92 Å². The average molecular weight is 470 g/mol. The van der Waals surface area contributed by atoms with Crippen molar-refractivity contribution in [1.82, 2.24) is 9.62 Å². The maximum absolute atomic E-state index is 13.6. The van der Waals surface area contributed by atoms with Crippen molar-refractivity contribution in [3.05, 3.63) is 28.8 Å². The molecule has 9 heteroatoms. The van der Waals surface area contributed by atoms with Gasteiger partial charge in [0.25, 0.3) is 0 Å². The van der Waals surface area contributed by atoms with Gasteiger partial charge in [-0.25, -0.2) is 8.42 Å². The molecule has 1 N–H and O–H groups in total. The van der Waals surface area contributed by atoms with Crippen LogP contribution in [0.2, 0.25) is 5.02 Å². The lowest BCUT2D eigenvalue weighted by Gasteiger charge is -2.47. The molecule has 172 valence electrons. The third-order valence-electron chi connectivity index (χ3n) is 6.30. The van der Waals surface area contributed by atoms with Crippen molar-refractivity contribution < 1.29 is 18.0 Å². The molecule has 2 aliphatic rings. The van der Waals surface area contributed by atoms with E-state index in [-0.39, 0.29) is 30.8 Å². The van der Waals surface area contributed by atoms with Gasteiger partial charge in [0.15, 0.2) is 0 Å². The predicted molar refractivity (Wildman–Crippen MR) is 123 cm³/mol. The zero-order valence-electron chi connectivity index (χ0n) is 18.5. The number of sulfonamides is 1. The number of hydrogen-bond acceptors (Lipinski definition) is 4. The zero-order valence-corrected chi connectivity index (χ0v) is 20.1. The van der Waals surface area contributed by atoms with Crippen LogP contribution in [0.4, 0.5) is 5.69 Å². The molecule has 0 radical (unpaired) electrons. The molecule has 0 unspecified atom stereocenters. The quantitative estimate of drug-likeness (QED) is 0.692. The van der Waals surface area contributed by atoms with Crippen LogP contribution in [-0.4, -0.2) is 55.0 Å². The van der Waals surface area contributed by atoms with Crippen LogP contribution in [0.3, 0.4) is 0 Å². The van der Waals surface area contributed by atoms with Crippen LogP contribution >= 0.6 is 11.6 Å². The van der Waals surface area contributed by atoms with E-state index in [2.05, 4.69) is 5.32 Å². The molecule has 1 saturated carbocycles. The van der Waals surface area contributed by atoms with E-state index in [1.54, 1.807) is 39.0 Å². The standard InChI is InChI=1S/C22H32ClN3O4S/c1-4-13-31(29,30)25-14-20(27)26(19-12-8-11-18(23)16(19)2)22(3,15-25)21(28)24-17-9-6-5-7-10-17/h8,11-12,17H,4-7,9-10,13-15H2,1-3H3,(H,24,28)/t22-/m1/s1. The Morgan fingerprint density at radius 3 is 2.58 bits per heavy atom. The second-order valence-corrected chi connectivity index (χ2v) is 11.3. The summed E-state index contributed by atoms with van der Waals surface area (Å²) in [6.07, 6.45) is 5.48. The van der Waals surface area contributed by atoms with Gasteiger partial charge in [0.2, 0.25) is 21.8 Å². The van der Waals surface area contributed by atoms with Crippen molar-refractivity contribution in [3.8, 4) is 0 Å². The summed E-state index contributed by atoms with van der Waals surface area (Å²) in [5, 5.41) is 3.59. The molecule has 2 amide bonds. The number of hydrogen-bond donors (Lipinski definition) is 1. The second kappa shape index (κ2) is 9.46. The fraction of sp³-hybridized carbons (Fsp3) is 0.636. The molecule has 3 rings (SSSR count). The Hall–Kier alpha value is -1.64. The SMILES string of the molecule is CCCS(=O)(=O)N1CC(=O)N(c2cccc(Cl)c2C)[C@@](C)(C(=O)NC2CCCCC2)C1. The van der Waals surface area contributed by atoms with E-state index in [1.807, 2.05) is 0 Å². The van der Waals surface area contributed by atoms with Gasteiger partial charge in [0, 0.05) is 23.3 Å². The molecule has 1 saturated heterocycles. The summed E-state index contributed by atoms with van der Waals surface area (Å²) in [6, 6.07) is 5.25. The number of piperazine rings is 1. The first-order valence-electron chi connectivity index (χ1n) is 11.0. The first kappa shape index (κ1) is 24.0. The van der Waals surface area contributed by atoms with Gasteiger partial charge in [0.05, 0.1) is 12.3 Å². The Balaban J connectivity index is 2.02. The fourth-order valence-corrected chi connectivity index (χ4v) is 6.25. The summed E-state index contributed by atoms with van der Waals surface area (Å²) in [6.45, 7) is 4.84. The number of anilines is 1. The van der Waals surface area contributed by atoms with Gasteiger partial charge in [-0.05, 0) is 50.8 Å². The second-order valence-electron chi connectivity index (χ2n) is 8.78. The third kappa shape index (κ3) is 4.91. The summed E-state index contributed by atoms with van der Waals surface area (Å²) in [4.78, 5) is 28.4. The van der Waals surface area contributed by atoms with E-state index in [4.69, 9.17) is 11.6 Å². The van der Waals surface area contributed by atoms with Crippen molar-refractivity contribution in [2.75, 3.05) is 23.7 Å². The van der Waals surface area contributed by atoms with E-state index in [0.717, 1.165) is 36.4 Å². The largest absolute Gasteiger partial charge is 0.351 e. The van der Waals surface area contributed by atoms with Crippen molar-refractivity contribution >= 4 is 39.1 Å². The summed E-state index contributed by atoms with van der Waals surface area (Å²) in [5.41, 5.74) is -0.173. The maximum Gasteiger partial charge on any atom is 0.247 e. The molecule has 2 fully saturated rings. The number of nitrogens with one attached hydrogen (secondary N) is 1.